The van der Waals surface area contributed by atoms with E-state index >= 15 is 0 Å². The predicted molar refractivity (Wildman–Crippen MR) is 111 cm³/mol. The molecular weight excluding hydrogens is 318 g/mol. The van der Waals surface area contributed by atoms with Crippen LogP contribution in [0.15, 0.2) is 54.6 Å². The van der Waals surface area contributed by atoms with E-state index in [4.69, 9.17) is 9.72 Å². The average molecular weight is 348 g/mol. The van der Waals surface area contributed by atoms with Crippen molar-refractivity contribution >= 4 is 10.9 Å². The van der Waals surface area contributed by atoms with Crippen molar-refractivity contribution in [2.75, 3.05) is 6.61 Å². The molecule has 136 valence electrons. The van der Waals surface area contributed by atoms with Gasteiger partial charge in [0.05, 0.1) is 6.61 Å². The molecule has 0 saturated heterocycles. The van der Waals surface area contributed by atoms with Gasteiger partial charge in [-0.25, -0.2) is 4.98 Å². The number of fused-ring (bicyclic) bond motifs is 1. The topological polar surface area (TPSA) is 22.1 Å². The number of rotatable bonds is 8. The third kappa shape index (κ3) is 4.24. The van der Waals surface area contributed by atoms with Gasteiger partial charge < -0.3 is 4.74 Å². The number of ether oxygens (including phenoxy) is 1. The highest BCUT2D eigenvalue weighted by atomic mass is 16.5. The zero-order valence-electron chi connectivity index (χ0n) is 16.2. The molecular formula is C24H29NO. The molecule has 0 spiro atoms. The first-order chi connectivity index (χ1) is 12.7. The quantitative estimate of drug-likeness (QED) is 0.447. The fourth-order valence-corrected chi connectivity index (χ4v) is 3.38. The molecule has 0 radical (unpaired) electrons. The fraction of sp³-hybridized carbons (Fsp3) is 0.375. The average Bonchev–Trinajstić information content (AvgIpc) is 2.68. The summed E-state index contributed by atoms with van der Waals surface area (Å²) in [7, 11) is 0. The zero-order valence-corrected chi connectivity index (χ0v) is 16.2. The third-order valence-electron chi connectivity index (χ3n) is 5.06. The highest BCUT2D eigenvalue weighted by Gasteiger charge is 2.13. The Kier molecular flexibility index (Phi) is 6.27. The van der Waals surface area contributed by atoms with Gasteiger partial charge in [0.2, 0.25) is 0 Å². The van der Waals surface area contributed by atoms with Crippen LogP contribution in [0.25, 0.3) is 22.0 Å². The van der Waals surface area contributed by atoms with Crippen molar-refractivity contribution in [3.05, 3.63) is 60.3 Å². The number of hydrogen-bond donors (Lipinski definition) is 0. The maximum absolute atomic E-state index is 6.25. The van der Waals surface area contributed by atoms with E-state index in [9.17, 15) is 0 Å². The Balaban J connectivity index is 1.93. The first-order valence-electron chi connectivity index (χ1n) is 9.81. The molecule has 0 fully saturated rings. The zero-order chi connectivity index (χ0) is 18.4. The molecule has 2 nitrogen and oxygen atoms in total. The summed E-state index contributed by atoms with van der Waals surface area (Å²) in [6.07, 6.45) is 4.91. The number of aryl methyl sites for hydroxylation is 1. The second-order valence-electron chi connectivity index (χ2n) is 7.05. The molecule has 26 heavy (non-hydrogen) atoms. The number of unbranched alkanes of at least 4 members (excludes halogenated alkanes) is 1. The Hall–Kier alpha value is -2.35. The van der Waals surface area contributed by atoms with Crippen molar-refractivity contribution in [1.82, 2.24) is 4.98 Å². The summed E-state index contributed by atoms with van der Waals surface area (Å²) in [4.78, 5) is 4.80. The molecule has 0 bridgehead atoms. The van der Waals surface area contributed by atoms with Crippen molar-refractivity contribution in [3.8, 4) is 16.9 Å². The molecule has 1 aromatic heterocycles. The number of pyridine rings is 1. The summed E-state index contributed by atoms with van der Waals surface area (Å²) >= 11 is 0. The Labute approximate surface area is 157 Å². The van der Waals surface area contributed by atoms with Gasteiger partial charge in [0, 0.05) is 11.1 Å². The van der Waals surface area contributed by atoms with Crippen molar-refractivity contribution < 1.29 is 4.74 Å². The van der Waals surface area contributed by atoms with Gasteiger partial charge in [-0.2, -0.15) is 0 Å². The van der Waals surface area contributed by atoms with Crippen LogP contribution < -0.4 is 4.74 Å². The Bertz CT molecular complexity index is 841. The van der Waals surface area contributed by atoms with Gasteiger partial charge >= 0.3 is 0 Å². The van der Waals surface area contributed by atoms with Crippen molar-refractivity contribution in [1.29, 1.82) is 0 Å². The molecule has 1 atom stereocenters. The Morgan fingerprint density at radius 2 is 1.77 bits per heavy atom. The van der Waals surface area contributed by atoms with E-state index in [1.54, 1.807) is 0 Å². The SMILES string of the molecule is CCCCC(CC)COc1ccc(-c2ccccc2)c2ccc(C)nc12. The van der Waals surface area contributed by atoms with Gasteiger partial charge in [0.15, 0.2) is 0 Å². The van der Waals surface area contributed by atoms with Gasteiger partial charge in [-0.05, 0) is 48.6 Å². The largest absolute Gasteiger partial charge is 0.491 e. The van der Waals surface area contributed by atoms with Crippen molar-refractivity contribution in [2.24, 2.45) is 5.92 Å². The monoisotopic (exact) mass is 347 g/mol. The van der Waals surface area contributed by atoms with Crippen LogP contribution in [0.5, 0.6) is 5.75 Å². The molecule has 0 aliphatic heterocycles. The van der Waals surface area contributed by atoms with Crippen LogP contribution >= 0.6 is 0 Å². The normalized spacial score (nSPS) is 12.3. The highest BCUT2D eigenvalue weighted by Crippen LogP contribution is 2.34. The van der Waals surface area contributed by atoms with E-state index in [2.05, 4.69) is 62.4 Å². The summed E-state index contributed by atoms with van der Waals surface area (Å²) in [6, 6.07) is 19.0. The minimum absolute atomic E-state index is 0.614. The smallest absolute Gasteiger partial charge is 0.145 e. The standard InChI is InChI=1S/C24H29NO/c1-4-6-10-19(5-2)17-26-23-16-15-21(20-11-8-7-9-12-20)22-14-13-18(3)25-24(22)23/h7-9,11-16,19H,4-6,10,17H2,1-3H3. The van der Waals surface area contributed by atoms with Gasteiger partial charge in [-0.1, -0.05) is 69.5 Å². The summed E-state index contributed by atoms with van der Waals surface area (Å²) in [6.45, 7) is 7.30. The summed E-state index contributed by atoms with van der Waals surface area (Å²) in [5, 5.41) is 1.15. The molecule has 0 saturated carbocycles. The molecule has 2 aromatic carbocycles. The summed E-state index contributed by atoms with van der Waals surface area (Å²) in [5.74, 6) is 1.52. The maximum atomic E-state index is 6.25. The third-order valence-corrected chi connectivity index (χ3v) is 5.06. The van der Waals surface area contributed by atoms with Crippen LogP contribution in [0.3, 0.4) is 0 Å². The lowest BCUT2D eigenvalue weighted by Gasteiger charge is -2.17. The van der Waals surface area contributed by atoms with Crippen LogP contribution in [0.1, 0.15) is 45.2 Å². The van der Waals surface area contributed by atoms with Gasteiger partial charge in [-0.3, -0.25) is 0 Å². The number of aromatic nitrogens is 1. The van der Waals surface area contributed by atoms with Crippen LogP contribution in [0, 0.1) is 12.8 Å². The first-order valence-corrected chi connectivity index (χ1v) is 9.81. The number of benzene rings is 2. The van der Waals surface area contributed by atoms with Crippen LogP contribution in [-0.4, -0.2) is 11.6 Å². The molecule has 0 N–H and O–H groups in total. The lowest BCUT2D eigenvalue weighted by atomic mass is 9.99. The van der Waals surface area contributed by atoms with E-state index in [0.29, 0.717) is 5.92 Å². The van der Waals surface area contributed by atoms with E-state index in [-0.39, 0.29) is 0 Å². The highest BCUT2D eigenvalue weighted by molar-refractivity contribution is 5.97. The van der Waals surface area contributed by atoms with Gasteiger partial charge in [0.1, 0.15) is 11.3 Å². The van der Waals surface area contributed by atoms with Gasteiger partial charge in [0.25, 0.3) is 0 Å². The molecule has 3 aromatic rings. The minimum atomic E-state index is 0.614. The second-order valence-corrected chi connectivity index (χ2v) is 7.05. The van der Waals surface area contributed by atoms with E-state index in [0.717, 1.165) is 35.4 Å². The van der Waals surface area contributed by atoms with Crippen LogP contribution in [0.4, 0.5) is 0 Å². The summed E-state index contributed by atoms with van der Waals surface area (Å²) < 4.78 is 6.25. The first kappa shape index (κ1) is 18.4. The second kappa shape index (κ2) is 8.84. The minimum Gasteiger partial charge on any atom is -0.491 e. The van der Waals surface area contributed by atoms with E-state index in [1.165, 1.54) is 30.4 Å². The lowest BCUT2D eigenvalue weighted by molar-refractivity contribution is 0.235. The molecule has 0 aliphatic carbocycles. The fourth-order valence-electron chi connectivity index (χ4n) is 3.38. The molecule has 0 aliphatic rings. The lowest BCUT2D eigenvalue weighted by Crippen LogP contribution is -2.11. The van der Waals surface area contributed by atoms with E-state index < -0.39 is 0 Å². The van der Waals surface area contributed by atoms with Crippen LogP contribution in [0.2, 0.25) is 0 Å². The Morgan fingerprint density at radius 3 is 2.50 bits per heavy atom. The molecule has 0 amide bonds. The van der Waals surface area contributed by atoms with E-state index in [1.807, 2.05) is 13.0 Å². The van der Waals surface area contributed by atoms with Crippen LogP contribution in [-0.2, 0) is 0 Å². The number of nitrogens with zero attached hydrogens (tertiary/aromatic N) is 1. The van der Waals surface area contributed by atoms with Crippen molar-refractivity contribution in [2.45, 2.75) is 46.5 Å². The molecule has 1 unspecified atom stereocenters. The molecule has 1 heterocycles. The maximum Gasteiger partial charge on any atom is 0.145 e. The number of hydrogen-bond acceptors (Lipinski definition) is 2. The van der Waals surface area contributed by atoms with Gasteiger partial charge in [-0.15, -0.1) is 0 Å². The summed E-state index contributed by atoms with van der Waals surface area (Å²) in [5.41, 5.74) is 4.41. The van der Waals surface area contributed by atoms with Crippen molar-refractivity contribution in [3.63, 3.8) is 0 Å². The predicted octanol–water partition coefficient (Wildman–Crippen LogP) is 6.81. The molecule has 2 heteroatoms. The molecule has 3 rings (SSSR count). The Morgan fingerprint density at radius 1 is 0.962 bits per heavy atom.